The summed E-state index contributed by atoms with van der Waals surface area (Å²) in [6, 6.07) is 5.38. The van der Waals surface area contributed by atoms with Gasteiger partial charge in [-0.2, -0.15) is 0 Å². The van der Waals surface area contributed by atoms with E-state index in [1.165, 1.54) is 24.3 Å². The standard InChI is InChI=1S/C15H21N3O6S/c1-10(2)8-12(17-13(19)9-16)14(20)18(15(21)22)25(23,24)11-6-4-3-5-7-11/h3-7,10,12H,8-9,16H2,1-2H3,(H,17,19)(H,21,22)/t12-/m0/s1. The first-order chi connectivity index (χ1) is 11.6. The molecule has 9 nitrogen and oxygen atoms in total. The number of carbonyl (C=O) groups is 3. The second-order valence-electron chi connectivity index (χ2n) is 5.66. The molecule has 1 aromatic carbocycles. The highest BCUT2D eigenvalue weighted by Gasteiger charge is 2.39. The third-order valence-electron chi connectivity index (χ3n) is 3.18. The van der Waals surface area contributed by atoms with Gasteiger partial charge in [0.25, 0.3) is 15.9 Å². The van der Waals surface area contributed by atoms with Crippen molar-refractivity contribution in [2.24, 2.45) is 11.7 Å². The van der Waals surface area contributed by atoms with Gasteiger partial charge in [-0.15, -0.1) is 4.31 Å². The van der Waals surface area contributed by atoms with Crippen LogP contribution in [0, 0.1) is 5.92 Å². The Labute approximate surface area is 145 Å². The van der Waals surface area contributed by atoms with Crippen LogP contribution in [0.3, 0.4) is 0 Å². The molecule has 0 heterocycles. The Morgan fingerprint density at radius 2 is 1.76 bits per heavy atom. The zero-order valence-electron chi connectivity index (χ0n) is 13.9. The van der Waals surface area contributed by atoms with Crippen LogP contribution in [0.4, 0.5) is 4.79 Å². The number of amides is 3. The maximum absolute atomic E-state index is 12.6. The highest BCUT2D eigenvalue weighted by Crippen LogP contribution is 2.18. The number of nitrogens with zero attached hydrogens (tertiary/aromatic N) is 1. The van der Waals surface area contributed by atoms with Gasteiger partial charge in [0.15, 0.2) is 0 Å². The van der Waals surface area contributed by atoms with Gasteiger partial charge in [-0.05, 0) is 24.5 Å². The Kier molecular flexibility index (Phi) is 7.07. The summed E-state index contributed by atoms with van der Waals surface area (Å²) in [7, 11) is -4.62. The molecule has 0 saturated heterocycles. The maximum Gasteiger partial charge on any atom is 0.428 e. The Morgan fingerprint density at radius 3 is 2.20 bits per heavy atom. The van der Waals surface area contributed by atoms with Crippen molar-refractivity contribution in [3.8, 4) is 0 Å². The SMILES string of the molecule is CC(C)C[C@H](NC(=O)CN)C(=O)N(C(=O)O)S(=O)(=O)c1ccccc1. The molecule has 1 rings (SSSR count). The van der Waals surface area contributed by atoms with Crippen molar-refractivity contribution < 1.29 is 27.9 Å². The third kappa shape index (κ3) is 5.26. The highest BCUT2D eigenvalue weighted by atomic mass is 32.2. The number of carboxylic acid groups (broad SMARTS) is 1. The molecule has 4 N–H and O–H groups in total. The number of sulfonamides is 1. The average molecular weight is 371 g/mol. The van der Waals surface area contributed by atoms with Gasteiger partial charge in [-0.3, -0.25) is 9.59 Å². The Balaban J connectivity index is 3.28. The van der Waals surface area contributed by atoms with Crippen molar-refractivity contribution in [3.63, 3.8) is 0 Å². The fourth-order valence-corrected chi connectivity index (χ4v) is 3.38. The number of nitrogens with two attached hydrogens (primary N) is 1. The first kappa shape index (κ1) is 20.6. The molecule has 25 heavy (non-hydrogen) atoms. The van der Waals surface area contributed by atoms with Crippen LogP contribution >= 0.6 is 0 Å². The maximum atomic E-state index is 12.6. The summed E-state index contributed by atoms with van der Waals surface area (Å²) in [6.45, 7) is 3.07. The zero-order valence-corrected chi connectivity index (χ0v) is 14.7. The summed E-state index contributed by atoms with van der Waals surface area (Å²) in [6.07, 6.45) is -1.90. The van der Waals surface area contributed by atoms with E-state index in [2.05, 4.69) is 5.32 Å². The average Bonchev–Trinajstić information content (AvgIpc) is 2.53. The largest absolute Gasteiger partial charge is 0.464 e. The Bertz CT molecular complexity index is 733. The molecule has 0 fully saturated rings. The minimum atomic E-state index is -4.62. The van der Waals surface area contributed by atoms with Gasteiger partial charge in [-0.25, -0.2) is 13.2 Å². The summed E-state index contributed by atoms with van der Waals surface area (Å²) >= 11 is 0. The summed E-state index contributed by atoms with van der Waals surface area (Å²) in [5.41, 5.74) is 5.19. The van der Waals surface area contributed by atoms with Crippen LogP contribution in [-0.2, 0) is 19.6 Å². The topological polar surface area (TPSA) is 147 Å². The number of carbonyl (C=O) groups excluding carboxylic acids is 2. The van der Waals surface area contributed by atoms with Crippen molar-refractivity contribution >= 4 is 27.9 Å². The smallest absolute Gasteiger partial charge is 0.428 e. The predicted octanol–water partition coefficient (Wildman–Crippen LogP) is 0.372. The lowest BCUT2D eigenvalue weighted by Gasteiger charge is -2.25. The molecule has 10 heteroatoms. The fourth-order valence-electron chi connectivity index (χ4n) is 2.10. The first-order valence-electron chi connectivity index (χ1n) is 7.47. The van der Waals surface area contributed by atoms with Crippen molar-refractivity contribution in [1.82, 2.24) is 9.62 Å². The van der Waals surface area contributed by atoms with Crippen LogP contribution < -0.4 is 11.1 Å². The molecule has 0 aromatic heterocycles. The quantitative estimate of drug-likeness (QED) is 0.627. The van der Waals surface area contributed by atoms with E-state index >= 15 is 0 Å². The van der Waals surface area contributed by atoms with E-state index < -0.39 is 40.5 Å². The zero-order chi connectivity index (χ0) is 19.2. The van der Waals surface area contributed by atoms with Crippen molar-refractivity contribution in [2.45, 2.75) is 31.2 Å². The fraction of sp³-hybridized carbons (Fsp3) is 0.400. The molecule has 0 aliphatic rings. The van der Waals surface area contributed by atoms with Crippen LogP contribution in [0.5, 0.6) is 0 Å². The van der Waals surface area contributed by atoms with E-state index in [1.54, 1.807) is 19.9 Å². The number of hydrogen-bond donors (Lipinski definition) is 3. The second kappa shape index (κ2) is 8.58. The summed E-state index contributed by atoms with van der Waals surface area (Å²) in [5, 5.41) is 11.6. The summed E-state index contributed by atoms with van der Waals surface area (Å²) in [5.74, 6) is -2.06. The lowest BCUT2D eigenvalue weighted by Crippen LogP contribution is -2.53. The number of imide groups is 1. The predicted molar refractivity (Wildman–Crippen MR) is 88.9 cm³/mol. The second-order valence-corrected chi connectivity index (χ2v) is 7.44. The van der Waals surface area contributed by atoms with Gasteiger partial charge in [0.2, 0.25) is 5.91 Å². The van der Waals surface area contributed by atoms with Crippen LogP contribution in [-0.4, -0.2) is 48.3 Å². The molecule has 0 saturated carbocycles. The molecule has 0 aliphatic heterocycles. The minimum Gasteiger partial charge on any atom is -0.464 e. The van der Waals surface area contributed by atoms with Crippen molar-refractivity contribution in [1.29, 1.82) is 0 Å². The van der Waals surface area contributed by atoms with Gasteiger partial charge in [-0.1, -0.05) is 32.0 Å². The van der Waals surface area contributed by atoms with E-state index in [0.717, 1.165) is 0 Å². The molecule has 0 unspecified atom stereocenters. The monoisotopic (exact) mass is 371 g/mol. The minimum absolute atomic E-state index is 0.0542. The van der Waals surface area contributed by atoms with E-state index in [4.69, 9.17) is 5.73 Å². The van der Waals surface area contributed by atoms with Gasteiger partial charge in [0, 0.05) is 0 Å². The number of nitrogens with one attached hydrogen (secondary N) is 1. The summed E-state index contributed by atoms with van der Waals surface area (Å²) in [4.78, 5) is 35.3. The van der Waals surface area contributed by atoms with Gasteiger partial charge < -0.3 is 16.2 Å². The normalized spacial score (nSPS) is 12.5. The van der Waals surface area contributed by atoms with Gasteiger partial charge in [0.05, 0.1) is 11.4 Å². The van der Waals surface area contributed by atoms with Gasteiger partial charge >= 0.3 is 6.09 Å². The molecule has 0 bridgehead atoms. The molecule has 0 aliphatic carbocycles. The van der Waals surface area contributed by atoms with Crippen molar-refractivity contribution in [3.05, 3.63) is 30.3 Å². The number of hydrogen-bond acceptors (Lipinski definition) is 6. The van der Waals surface area contributed by atoms with Crippen LogP contribution in [0.1, 0.15) is 20.3 Å². The molecule has 1 atom stereocenters. The molecule has 0 spiro atoms. The number of rotatable bonds is 7. The van der Waals surface area contributed by atoms with Gasteiger partial charge in [0.1, 0.15) is 6.04 Å². The molecule has 138 valence electrons. The van der Waals surface area contributed by atoms with Crippen LogP contribution in [0.25, 0.3) is 0 Å². The highest BCUT2D eigenvalue weighted by molar-refractivity contribution is 7.90. The van der Waals surface area contributed by atoms with Crippen LogP contribution in [0.2, 0.25) is 0 Å². The molecule has 3 amide bonds. The van der Waals surface area contributed by atoms with E-state index in [-0.39, 0.29) is 21.5 Å². The molecule has 0 radical (unpaired) electrons. The Hall–Kier alpha value is -2.46. The molecular weight excluding hydrogens is 350 g/mol. The van der Waals surface area contributed by atoms with Crippen molar-refractivity contribution in [2.75, 3.05) is 6.54 Å². The first-order valence-corrected chi connectivity index (χ1v) is 8.91. The van der Waals surface area contributed by atoms with E-state index in [9.17, 15) is 27.9 Å². The molecular formula is C15H21N3O6S. The third-order valence-corrected chi connectivity index (χ3v) is 4.87. The lowest BCUT2D eigenvalue weighted by molar-refractivity contribution is -0.131. The van der Waals surface area contributed by atoms with E-state index in [0.29, 0.717) is 0 Å². The summed E-state index contributed by atoms with van der Waals surface area (Å²) < 4.78 is 24.9. The lowest BCUT2D eigenvalue weighted by atomic mass is 10.0. The van der Waals surface area contributed by atoms with Crippen LogP contribution in [0.15, 0.2) is 35.2 Å². The number of benzene rings is 1. The van der Waals surface area contributed by atoms with E-state index in [1.807, 2.05) is 0 Å². The Morgan fingerprint density at radius 1 is 1.20 bits per heavy atom. The molecule has 1 aromatic rings.